The number of aromatic amines is 1. The molecule has 0 aliphatic rings. The van der Waals surface area contributed by atoms with Gasteiger partial charge in [0.25, 0.3) is 5.56 Å². The lowest BCUT2D eigenvalue weighted by molar-refractivity contribution is 0.305. The van der Waals surface area contributed by atoms with Crippen molar-refractivity contribution < 1.29 is 9.47 Å². The molecule has 6 nitrogen and oxygen atoms in total. The van der Waals surface area contributed by atoms with Crippen LogP contribution in [-0.4, -0.2) is 30.2 Å². The number of rotatable bonds is 6. The maximum absolute atomic E-state index is 11.3. The lowest BCUT2D eigenvalue weighted by Crippen LogP contribution is -2.17. The van der Waals surface area contributed by atoms with E-state index in [4.69, 9.17) is 9.47 Å². The number of nitrogens with zero attached hydrogens (tertiary/aromatic N) is 1. The smallest absolute Gasteiger partial charge is 0.252 e. The molecule has 0 unspecified atom stereocenters. The molecule has 1 aromatic heterocycles. The SMILES string of the molecule is COc1ccccc1OCCNc1nc(C)cc(=O)[nH]1. The third kappa shape index (κ3) is 3.74. The van der Waals surface area contributed by atoms with Crippen LogP contribution in [0, 0.1) is 6.92 Å². The summed E-state index contributed by atoms with van der Waals surface area (Å²) in [5.74, 6) is 1.82. The minimum atomic E-state index is -0.175. The highest BCUT2D eigenvalue weighted by atomic mass is 16.5. The van der Waals surface area contributed by atoms with Gasteiger partial charge in [-0.1, -0.05) is 12.1 Å². The van der Waals surface area contributed by atoms with E-state index in [-0.39, 0.29) is 5.56 Å². The minimum absolute atomic E-state index is 0.175. The first kappa shape index (κ1) is 13.9. The van der Waals surface area contributed by atoms with E-state index >= 15 is 0 Å². The van der Waals surface area contributed by atoms with Crippen LogP contribution in [0.4, 0.5) is 5.95 Å². The van der Waals surface area contributed by atoms with Crippen molar-refractivity contribution in [2.75, 3.05) is 25.6 Å². The number of para-hydroxylation sites is 2. The maximum atomic E-state index is 11.3. The van der Waals surface area contributed by atoms with Crippen molar-refractivity contribution >= 4 is 5.95 Å². The van der Waals surface area contributed by atoms with Crippen molar-refractivity contribution in [2.24, 2.45) is 0 Å². The Balaban J connectivity index is 1.86. The summed E-state index contributed by atoms with van der Waals surface area (Å²) in [4.78, 5) is 18.0. The van der Waals surface area contributed by atoms with E-state index < -0.39 is 0 Å². The number of hydrogen-bond acceptors (Lipinski definition) is 5. The first-order valence-corrected chi connectivity index (χ1v) is 6.26. The van der Waals surface area contributed by atoms with E-state index in [1.165, 1.54) is 6.07 Å². The highest BCUT2D eigenvalue weighted by Crippen LogP contribution is 2.25. The van der Waals surface area contributed by atoms with Gasteiger partial charge in [-0.05, 0) is 19.1 Å². The molecule has 0 aliphatic heterocycles. The Hall–Kier alpha value is -2.50. The number of H-pyrrole nitrogens is 1. The molecule has 2 N–H and O–H groups in total. The molecule has 0 saturated heterocycles. The van der Waals surface area contributed by atoms with Gasteiger partial charge in [0.05, 0.1) is 13.7 Å². The molecule has 0 aliphatic carbocycles. The fraction of sp³-hybridized carbons (Fsp3) is 0.286. The topological polar surface area (TPSA) is 76.2 Å². The number of nitrogens with one attached hydrogen (secondary N) is 2. The van der Waals surface area contributed by atoms with Crippen molar-refractivity contribution in [3.05, 3.63) is 46.4 Å². The van der Waals surface area contributed by atoms with E-state index in [9.17, 15) is 4.79 Å². The van der Waals surface area contributed by atoms with Gasteiger partial charge in [-0.25, -0.2) is 4.98 Å². The van der Waals surface area contributed by atoms with Crippen molar-refractivity contribution in [2.45, 2.75) is 6.92 Å². The van der Waals surface area contributed by atoms with Gasteiger partial charge in [0.1, 0.15) is 6.61 Å². The zero-order chi connectivity index (χ0) is 14.4. The fourth-order valence-electron chi connectivity index (χ4n) is 1.73. The van der Waals surface area contributed by atoms with Crippen LogP contribution in [0.15, 0.2) is 35.1 Å². The van der Waals surface area contributed by atoms with Gasteiger partial charge < -0.3 is 14.8 Å². The standard InChI is InChI=1S/C14H17N3O3/c1-10-9-13(18)17-14(16-10)15-7-8-20-12-6-4-3-5-11(12)19-2/h3-6,9H,7-8H2,1-2H3,(H2,15,16,17,18). The number of aryl methyl sites for hydroxylation is 1. The van der Waals surface area contributed by atoms with Crippen LogP contribution in [0.2, 0.25) is 0 Å². The molecule has 0 amide bonds. The number of methoxy groups -OCH3 is 1. The first-order valence-electron chi connectivity index (χ1n) is 6.26. The largest absolute Gasteiger partial charge is 0.493 e. The van der Waals surface area contributed by atoms with E-state index in [0.717, 1.165) is 0 Å². The maximum Gasteiger partial charge on any atom is 0.252 e. The van der Waals surface area contributed by atoms with E-state index in [1.54, 1.807) is 14.0 Å². The normalized spacial score (nSPS) is 10.1. The van der Waals surface area contributed by atoms with Crippen molar-refractivity contribution in [3.63, 3.8) is 0 Å². The molecule has 0 saturated carbocycles. The summed E-state index contributed by atoms with van der Waals surface area (Å²) >= 11 is 0. The van der Waals surface area contributed by atoms with E-state index in [1.807, 2.05) is 24.3 Å². The Morgan fingerprint density at radius 2 is 2.05 bits per heavy atom. The summed E-state index contributed by atoms with van der Waals surface area (Å²) in [6.45, 7) is 2.72. The molecule has 20 heavy (non-hydrogen) atoms. The number of ether oxygens (including phenoxy) is 2. The minimum Gasteiger partial charge on any atom is -0.493 e. The van der Waals surface area contributed by atoms with Crippen molar-refractivity contribution in [1.29, 1.82) is 0 Å². The molecule has 0 atom stereocenters. The molecule has 2 rings (SSSR count). The molecule has 106 valence electrons. The lowest BCUT2D eigenvalue weighted by Gasteiger charge is -2.11. The van der Waals surface area contributed by atoms with Crippen LogP contribution in [0.1, 0.15) is 5.69 Å². The Kier molecular flexibility index (Phi) is 4.60. The van der Waals surface area contributed by atoms with Crippen LogP contribution in [-0.2, 0) is 0 Å². The fourth-order valence-corrected chi connectivity index (χ4v) is 1.73. The Bertz CT molecular complexity index is 625. The number of benzene rings is 1. The molecule has 0 spiro atoms. The van der Waals surface area contributed by atoms with E-state index in [2.05, 4.69) is 15.3 Å². The third-order valence-electron chi connectivity index (χ3n) is 2.59. The molecular formula is C14H17N3O3. The lowest BCUT2D eigenvalue weighted by atomic mass is 10.3. The van der Waals surface area contributed by atoms with Crippen molar-refractivity contribution in [1.82, 2.24) is 9.97 Å². The Labute approximate surface area is 116 Å². The predicted molar refractivity (Wildman–Crippen MR) is 76.6 cm³/mol. The number of anilines is 1. The molecular weight excluding hydrogens is 258 g/mol. The molecule has 6 heteroatoms. The van der Waals surface area contributed by atoms with E-state index in [0.29, 0.717) is 36.3 Å². The highest BCUT2D eigenvalue weighted by Gasteiger charge is 2.02. The van der Waals surface area contributed by atoms with Crippen LogP contribution in [0.5, 0.6) is 11.5 Å². The average Bonchev–Trinajstić information content (AvgIpc) is 2.43. The zero-order valence-electron chi connectivity index (χ0n) is 11.5. The van der Waals surface area contributed by atoms with Gasteiger partial charge in [0.15, 0.2) is 11.5 Å². The summed E-state index contributed by atoms with van der Waals surface area (Å²) in [5.41, 5.74) is 0.493. The number of aromatic nitrogens is 2. The zero-order valence-corrected chi connectivity index (χ0v) is 11.5. The molecule has 0 bridgehead atoms. The van der Waals surface area contributed by atoms with Gasteiger partial charge >= 0.3 is 0 Å². The quantitative estimate of drug-likeness (QED) is 0.783. The van der Waals surface area contributed by atoms with Crippen LogP contribution < -0.4 is 20.3 Å². The second kappa shape index (κ2) is 6.60. The highest BCUT2D eigenvalue weighted by molar-refractivity contribution is 5.39. The molecule has 0 radical (unpaired) electrons. The van der Waals surface area contributed by atoms with Crippen molar-refractivity contribution in [3.8, 4) is 11.5 Å². The summed E-state index contributed by atoms with van der Waals surface area (Å²) < 4.78 is 10.8. The predicted octanol–water partition coefficient (Wildman–Crippen LogP) is 1.58. The summed E-state index contributed by atoms with van der Waals surface area (Å²) in [5, 5.41) is 3.00. The molecule has 1 heterocycles. The van der Waals surface area contributed by atoms with Gasteiger partial charge in [0, 0.05) is 11.8 Å². The second-order valence-electron chi connectivity index (χ2n) is 4.16. The van der Waals surface area contributed by atoms with Gasteiger partial charge in [0.2, 0.25) is 5.95 Å². The van der Waals surface area contributed by atoms with Gasteiger partial charge in [-0.15, -0.1) is 0 Å². The summed E-state index contributed by atoms with van der Waals surface area (Å²) in [6.07, 6.45) is 0. The first-order chi connectivity index (χ1) is 9.69. The summed E-state index contributed by atoms with van der Waals surface area (Å²) in [6, 6.07) is 8.88. The molecule has 0 fully saturated rings. The van der Waals surface area contributed by atoms with Gasteiger partial charge in [-0.3, -0.25) is 9.78 Å². The third-order valence-corrected chi connectivity index (χ3v) is 2.59. The molecule has 2 aromatic rings. The second-order valence-corrected chi connectivity index (χ2v) is 4.16. The van der Waals surface area contributed by atoms with Gasteiger partial charge in [-0.2, -0.15) is 0 Å². The Morgan fingerprint density at radius 3 is 2.75 bits per heavy atom. The summed E-state index contributed by atoms with van der Waals surface area (Å²) in [7, 11) is 1.60. The Morgan fingerprint density at radius 1 is 1.30 bits per heavy atom. The van der Waals surface area contributed by atoms with Crippen LogP contribution >= 0.6 is 0 Å². The average molecular weight is 275 g/mol. The van der Waals surface area contributed by atoms with Crippen LogP contribution in [0.25, 0.3) is 0 Å². The molecule has 1 aromatic carbocycles. The monoisotopic (exact) mass is 275 g/mol. The van der Waals surface area contributed by atoms with Crippen LogP contribution in [0.3, 0.4) is 0 Å². The number of hydrogen-bond donors (Lipinski definition) is 2.